The number of esters is 1. The lowest BCUT2D eigenvalue weighted by molar-refractivity contribution is -0.148. The summed E-state index contributed by atoms with van der Waals surface area (Å²) in [6, 6.07) is 0. The molecular formula is C17H24O5. The van der Waals surface area contributed by atoms with Crippen LogP contribution < -0.4 is 0 Å². The lowest BCUT2D eigenvalue weighted by Crippen LogP contribution is -2.33. The zero-order valence-electron chi connectivity index (χ0n) is 13.2. The van der Waals surface area contributed by atoms with Gasteiger partial charge in [-0.05, 0) is 38.0 Å². The summed E-state index contributed by atoms with van der Waals surface area (Å²) in [5.41, 5.74) is 0.102. The third-order valence-corrected chi connectivity index (χ3v) is 5.16. The number of hydrogen-bond acceptors (Lipinski definition) is 4. The summed E-state index contributed by atoms with van der Waals surface area (Å²) >= 11 is 0. The van der Waals surface area contributed by atoms with Gasteiger partial charge in [-0.3, -0.25) is 4.79 Å². The highest BCUT2D eigenvalue weighted by Crippen LogP contribution is 2.52. The molecule has 2 saturated carbocycles. The standard InChI is InChI=1S/C17H24O5/c1-9-5-6-12(10(2)16(19)20)7-13-15(9)14(22-11(3)18)8-17(13,4)21/h12-15,21H,1-2,5-8H2,3-4H3,(H,19,20)/t12-,13-,14-,15-,17-/m0/s1. The van der Waals surface area contributed by atoms with Crippen LogP contribution in [0.25, 0.3) is 0 Å². The van der Waals surface area contributed by atoms with E-state index in [0.29, 0.717) is 25.7 Å². The molecule has 0 aromatic heterocycles. The van der Waals surface area contributed by atoms with E-state index in [2.05, 4.69) is 13.2 Å². The van der Waals surface area contributed by atoms with Gasteiger partial charge >= 0.3 is 11.9 Å². The molecule has 2 N–H and O–H groups in total. The number of ether oxygens (including phenoxy) is 1. The lowest BCUT2D eigenvalue weighted by atomic mass is 9.78. The van der Waals surface area contributed by atoms with Crippen LogP contribution in [0.15, 0.2) is 24.3 Å². The van der Waals surface area contributed by atoms with Gasteiger partial charge in [-0.15, -0.1) is 0 Å². The second kappa shape index (κ2) is 5.88. The molecule has 0 bridgehead atoms. The van der Waals surface area contributed by atoms with Crippen LogP contribution in [0.1, 0.15) is 39.5 Å². The average Bonchev–Trinajstić information content (AvgIpc) is 2.54. The number of aliphatic hydroxyl groups is 1. The molecule has 5 atom stereocenters. The maximum Gasteiger partial charge on any atom is 0.331 e. The number of rotatable bonds is 3. The van der Waals surface area contributed by atoms with Crippen molar-refractivity contribution in [3.8, 4) is 0 Å². The minimum Gasteiger partial charge on any atom is -0.478 e. The molecule has 5 nitrogen and oxygen atoms in total. The number of fused-ring (bicyclic) bond motifs is 1. The molecule has 0 aromatic carbocycles. The van der Waals surface area contributed by atoms with Crippen LogP contribution in [0.4, 0.5) is 0 Å². The Morgan fingerprint density at radius 3 is 2.59 bits per heavy atom. The fourth-order valence-corrected chi connectivity index (χ4v) is 4.05. The third-order valence-electron chi connectivity index (χ3n) is 5.16. The molecule has 0 saturated heterocycles. The van der Waals surface area contributed by atoms with Crippen molar-refractivity contribution in [2.45, 2.75) is 51.2 Å². The number of carbonyl (C=O) groups is 2. The van der Waals surface area contributed by atoms with E-state index < -0.39 is 11.6 Å². The van der Waals surface area contributed by atoms with Crippen LogP contribution in [0, 0.1) is 17.8 Å². The third kappa shape index (κ3) is 3.09. The van der Waals surface area contributed by atoms with Gasteiger partial charge in [-0.1, -0.05) is 18.7 Å². The molecular weight excluding hydrogens is 284 g/mol. The predicted molar refractivity (Wildman–Crippen MR) is 81.0 cm³/mol. The highest BCUT2D eigenvalue weighted by molar-refractivity contribution is 5.86. The summed E-state index contributed by atoms with van der Waals surface area (Å²) in [4.78, 5) is 22.5. The smallest absolute Gasteiger partial charge is 0.331 e. The predicted octanol–water partition coefficient (Wildman–Crippen LogP) is 2.30. The Kier molecular flexibility index (Phi) is 4.47. The van der Waals surface area contributed by atoms with Crippen molar-refractivity contribution in [1.82, 2.24) is 0 Å². The quantitative estimate of drug-likeness (QED) is 0.475. The first kappa shape index (κ1) is 16.7. The SMILES string of the molecule is C=C(C(=O)O)[C@H]1CCC(=C)[C@@H]2[C@@H](OC(C)=O)C[C@](C)(O)[C@H]2C1. The molecule has 0 radical (unpaired) electrons. The number of carbonyl (C=O) groups excluding carboxylic acids is 1. The van der Waals surface area contributed by atoms with Gasteiger partial charge in [0.1, 0.15) is 6.10 Å². The highest BCUT2D eigenvalue weighted by Gasteiger charge is 2.53. The second-order valence-electron chi connectivity index (χ2n) is 6.80. The summed E-state index contributed by atoms with van der Waals surface area (Å²) in [6.07, 6.45) is 1.81. The van der Waals surface area contributed by atoms with E-state index in [1.54, 1.807) is 6.92 Å². The van der Waals surface area contributed by atoms with Gasteiger partial charge in [-0.2, -0.15) is 0 Å². The number of carboxylic acids is 1. The van der Waals surface area contributed by atoms with Crippen LogP contribution in [-0.2, 0) is 14.3 Å². The van der Waals surface area contributed by atoms with E-state index in [-0.39, 0.29) is 35.4 Å². The topological polar surface area (TPSA) is 83.8 Å². The molecule has 0 aromatic rings. The van der Waals surface area contributed by atoms with E-state index >= 15 is 0 Å². The average molecular weight is 308 g/mol. The van der Waals surface area contributed by atoms with Gasteiger partial charge in [0.15, 0.2) is 0 Å². The molecule has 0 spiro atoms. The Labute approximate surface area is 130 Å². The first-order valence-corrected chi connectivity index (χ1v) is 7.63. The fourth-order valence-electron chi connectivity index (χ4n) is 4.05. The number of aliphatic carboxylic acids is 1. The van der Waals surface area contributed by atoms with Crippen molar-refractivity contribution in [2.24, 2.45) is 17.8 Å². The van der Waals surface area contributed by atoms with E-state index in [1.165, 1.54) is 6.92 Å². The Hall–Kier alpha value is -1.62. The van der Waals surface area contributed by atoms with E-state index in [1.807, 2.05) is 0 Å². The van der Waals surface area contributed by atoms with Gasteiger partial charge in [-0.25, -0.2) is 4.79 Å². The zero-order chi connectivity index (χ0) is 16.7. The van der Waals surface area contributed by atoms with Gasteiger partial charge in [0.25, 0.3) is 0 Å². The molecule has 2 aliphatic carbocycles. The molecule has 122 valence electrons. The van der Waals surface area contributed by atoms with Crippen molar-refractivity contribution in [1.29, 1.82) is 0 Å². The van der Waals surface area contributed by atoms with Crippen molar-refractivity contribution in [3.05, 3.63) is 24.3 Å². The minimum absolute atomic E-state index is 0.120. The largest absolute Gasteiger partial charge is 0.478 e. The minimum atomic E-state index is -1.00. The van der Waals surface area contributed by atoms with Crippen LogP contribution in [0.5, 0.6) is 0 Å². The zero-order valence-corrected chi connectivity index (χ0v) is 13.2. The van der Waals surface area contributed by atoms with Crippen LogP contribution in [0.3, 0.4) is 0 Å². The first-order valence-electron chi connectivity index (χ1n) is 7.63. The fraction of sp³-hybridized carbons (Fsp3) is 0.647. The lowest BCUT2D eigenvalue weighted by Gasteiger charge is -2.30. The molecule has 2 fully saturated rings. The summed E-state index contributed by atoms with van der Waals surface area (Å²) < 4.78 is 5.39. The summed E-state index contributed by atoms with van der Waals surface area (Å²) in [6.45, 7) is 10.9. The van der Waals surface area contributed by atoms with Crippen LogP contribution in [-0.4, -0.2) is 33.9 Å². The number of hydrogen-bond donors (Lipinski definition) is 2. The van der Waals surface area contributed by atoms with Crippen molar-refractivity contribution >= 4 is 11.9 Å². The Bertz CT molecular complexity index is 519. The normalized spacial score (nSPS) is 38.0. The summed E-state index contributed by atoms with van der Waals surface area (Å²) in [5, 5.41) is 19.9. The van der Waals surface area contributed by atoms with Gasteiger partial charge in [0, 0.05) is 24.8 Å². The monoisotopic (exact) mass is 308 g/mol. The molecule has 2 aliphatic rings. The number of carboxylic acid groups (broad SMARTS) is 1. The Morgan fingerprint density at radius 1 is 1.41 bits per heavy atom. The van der Waals surface area contributed by atoms with Crippen LogP contribution in [0.2, 0.25) is 0 Å². The molecule has 0 amide bonds. The second-order valence-corrected chi connectivity index (χ2v) is 6.80. The van der Waals surface area contributed by atoms with E-state index in [9.17, 15) is 19.8 Å². The van der Waals surface area contributed by atoms with Crippen molar-refractivity contribution in [3.63, 3.8) is 0 Å². The van der Waals surface area contributed by atoms with E-state index in [4.69, 9.17) is 4.74 Å². The first-order chi connectivity index (χ1) is 10.1. The molecule has 5 heteroatoms. The van der Waals surface area contributed by atoms with Crippen molar-refractivity contribution in [2.75, 3.05) is 0 Å². The maximum atomic E-state index is 11.3. The van der Waals surface area contributed by atoms with Gasteiger partial charge in [0.2, 0.25) is 0 Å². The van der Waals surface area contributed by atoms with Crippen molar-refractivity contribution < 1.29 is 24.5 Å². The molecule has 0 unspecified atom stereocenters. The Morgan fingerprint density at radius 2 is 2.05 bits per heavy atom. The van der Waals surface area contributed by atoms with Gasteiger partial charge < -0.3 is 14.9 Å². The summed E-state index contributed by atoms with van der Waals surface area (Å²) in [5.74, 6) is -1.85. The van der Waals surface area contributed by atoms with Crippen LogP contribution >= 0.6 is 0 Å². The Balaban J connectivity index is 2.29. The maximum absolute atomic E-state index is 11.3. The molecule has 2 rings (SSSR count). The molecule has 0 aliphatic heterocycles. The summed E-state index contributed by atoms with van der Waals surface area (Å²) in [7, 11) is 0. The molecule has 22 heavy (non-hydrogen) atoms. The van der Waals surface area contributed by atoms with E-state index in [0.717, 1.165) is 5.57 Å². The molecule has 0 heterocycles. The highest BCUT2D eigenvalue weighted by atomic mass is 16.5. The van der Waals surface area contributed by atoms with Gasteiger partial charge in [0.05, 0.1) is 5.60 Å².